The molecular formula is C10H19NO3. The first-order valence-electron chi connectivity index (χ1n) is 4.84. The highest BCUT2D eigenvalue weighted by molar-refractivity contribution is 5.73. The van der Waals surface area contributed by atoms with Gasteiger partial charge in [-0.2, -0.15) is 0 Å². The number of nitrogens with one attached hydrogen (secondary N) is 1. The first kappa shape index (κ1) is 13.1. The number of carbonyl (C=O) groups is 1. The van der Waals surface area contributed by atoms with Crippen LogP contribution in [0, 0.1) is 0 Å². The van der Waals surface area contributed by atoms with Gasteiger partial charge in [0.15, 0.2) is 0 Å². The number of hydrogen-bond acceptors (Lipinski definition) is 3. The van der Waals surface area contributed by atoms with Crippen molar-refractivity contribution in [3.05, 3.63) is 12.2 Å². The topological polar surface area (TPSA) is 69.6 Å². The Hall–Kier alpha value is -0.870. The van der Waals surface area contributed by atoms with E-state index in [1.165, 1.54) is 6.92 Å². The molecule has 0 bridgehead atoms. The number of unbranched alkanes of at least 4 members (excludes halogenated alkanes) is 1. The van der Waals surface area contributed by atoms with Crippen molar-refractivity contribution < 1.29 is 15.0 Å². The molecule has 4 nitrogen and oxygen atoms in total. The van der Waals surface area contributed by atoms with Crippen molar-refractivity contribution in [2.45, 2.75) is 38.8 Å². The summed E-state index contributed by atoms with van der Waals surface area (Å²) in [5.41, 5.74) is 0. The van der Waals surface area contributed by atoms with E-state index in [1.54, 1.807) is 6.08 Å². The molecule has 4 heteroatoms. The highest BCUT2D eigenvalue weighted by Gasteiger charge is 2.15. The standard InChI is InChI=1S/C10H19NO3/c1-3-4-5-6-10(14)9(7-12)11-8(2)13/h5-6,9-10,12,14H,3-4,7H2,1-2H3,(H,11,13)/b6-5+. The lowest BCUT2D eigenvalue weighted by molar-refractivity contribution is -0.120. The summed E-state index contributed by atoms with van der Waals surface area (Å²) >= 11 is 0. The van der Waals surface area contributed by atoms with Crippen LogP contribution in [-0.2, 0) is 4.79 Å². The van der Waals surface area contributed by atoms with Gasteiger partial charge in [0.2, 0.25) is 5.91 Å². The van der Waals surface area contributed by atoms with E-state index in [2.05, 4.69) is 5.32 Å². The molecule has 0 saturated carbocycles. The van der Waals surface area contributed by atoms with Crippen molar-refractivity contribution in [1.29, 1.82) is 0 Å². The van der Waals surface area contributed by atoms with Gasteiger partial charge in [-0.25, -0.2) is 0 Å². The van der Waals surface area contributed by atoms with E-state index in [-0.39, 0.29) is 12.5 Å². The maximum absolute atomic E-state index is 10.7. The molecule has 0 fully saturated rings. The van der Waals surface area contributed by atoms with E-state index in [0.29, 0.717) is 0 Å². The Morgan fingerprint density at radius 2 is 2.21 bits per heavy atom. The minimum atomic E-state index is -0.824. The summed E-state index contributed by atoms with van der Waals surface area (Å²) in [7, 11) is 0. The van der Waals surface area contributed by atoms with Crippen LogP contribution < -0.4 is 5.32 Å². The Kier molecular flexibility index (Phi) is 7.06. The molecule has 0 spiro atoms. The number of aliphatic hydroxyl groups is 2. The van der Waals surface area contributed by atoms with E-state index in [4.69, 9.17) is 5.11 Å². The molecule has 0 aromatic heterocycles. The van der Waals surface area contributed by atoms with Crippen molar-refractivity contribution >= 4 is 5.91 Å². The van der Waals surface area contributed by atoms with Gasteiger partial charge in [-0.05, 0) is 6.42 Å². The van der Waals surface area contributed by atoms with Crippen LogP contribution in [0.25, 0.3) is 0 Å². The average Bonchev–Trinajstić information content (AvgIpc) is 2.14. The van der Waals surface area contributed by atoms with Gasteiger partial charge in [0.05, 0.1) is 18.8 Å². The van der Waals surface area contributed by atoms with Crippen LogP contribution in [0.1, 0.15) is 26.7 Å². The van der Waals surface area contributed by atoms with Gasteiger partial charge in [-0.15, -0.1) is 0 Å². The molecule has 0 aliphatic rings. The van der Waals surface area contributed by atoms with E-state index >= 15 is 0 Å². The molecule has 0 aromatic carbocycles. The Balaban J connectivity index is 4.02. The van der Waals surface area contributed by atoms with Crippen LogP contribution in [0.2, 0.25) is 0 Å². The second kappa shape index (κ2) is 7.53. The van der Waals surface area contributed by atoms with Crippen molar-refractivity contribution in [2.75, 3.05) is 6.61 Å². The summed E-state index contributed by atoms with van der Waals surface area (Å²) in [6.45, 7) is 3.12. The maximum Gasteiger partial charge on any atom is 0.217 e. The number of hydrogen-bond donors (Lipinski definition) is 3. The van der Waals surface area contributed by atoms with Gasteiger partial charge in [-0.3, -0.25) is 4.79 Å². The minimum Gasteiger partial charge on any atom is -0.394 e. The summed E-state index contributed by atoms with van der Waals surface area (Å²) in [6, 6.07) is -0.611. The monoisotopic (exact) mass is 201 g/mol. The first-order valence-corrected chi connectivity index (χ1v) is 4.84. The largest absolute Gasteiger partial charge is 0.394 e. The van der Waals surface area contributed by atoms with Crippen molar-refractivity contribution in [3.8, 4) is 0 Å². The van der Waals surface area contributed by atoms with Crippen molar-refractivity contribution in [3.63, 3.8) is 0 Å². The second-order valence-corrected chi connectivity index (χ2v) is 3.20. The molecule has 1 amide bonds. The fourth-order valence-electron chi connectivity index (χ4n) is 1.04. The van der Waals surface area contributed by atoms with Crippen LogP contribution in [0.15, 0.2) is 12.2 Å². The van der Waals surface area contributed by atoms with Gasteiger partial charge in [0.25, 0.3) is 0 Å². The van der Waals surface area contributed by atoms with Crippen LogP contribution in [-0.4, -0.2) is 34.9 Å². The quantitative estimate of drug-likeness (QED) is 0.538. The van der Waals surface area contributed by atoms with Crippen molar-refractivity contribution in [1.82, 2.24) is 5.32 Å². The van der Waals surface area contributed by atoms with Gasteiger partial charge < -0.3 is 15.5 Å². The molecular weight excluding hydrogens is 182 g/mol. The third-order valence-electron chi connectivity index (χ3n) is 1.79. The number of carbonyl (C=O) groups excluding carboxylic acids is 1. The molecule has 0 radical (unpaired) electrons. The Morgan fingerprint density at radius 1 is 1.57 bits per heavy atom. The number of aliphatic hydroxyl groups excluding tert-OH is 2. The van der Waals surface area contributed by atoms with Crippen LogP contribution in [0.5, 0.6) is 0 Å². The molecule has 0 saturated heterocycles. The lowest BCUT2D eigenvalue weighted by atomic mass is 10.1. The zero-order valence-corrected chi connectivity index (χ0v) is 8.73. The molecule has 2 unspecified atom stereocenters. The fourth-order valence-corrected chi connectivity index (χ4v) is 1.04. The molecule has 14 heavy (non-hydrogen) atoms. The molecule has 82 valence electrons. The van der Waals surface area contributed by atoms with Crippen molar-refractivity contribution in [2.24, 2.45) is 0 Å². The van der Waals surface area contributed by atoms with Crippen LogP contribution in [0.4, 0.5) is 0 Å². The zero-order valence-electron chi connectivity index (χ0n) is 8.73. The Bertz CT molecular complexity index is 192. The third-order valence-corrected chi connectivity index (χ3v) is 1.79. The maximum atomic E-state index is 10.7. The summed E-state index contributed by atoms with van der Waals surface area (Å²) < 4.78 is 0. The molecule has 0 aromatic rings. The lowest BCUT2D eigenvalue weighted by Gasteiger charge is -2.18. The van der Waals surface area contributed by atoms with Crippen LogP contribution in [0.3, 0.4) is 0 Å². The number of amides is 1. The fraction of sp³-hybridized carbons (Fsp3) is 0.700. The Morgan fingerprint density at radius 3 is 2.64 bits per heavy atom. The molecule has 0 aliphatic carbocycles. The Labute approximate surface area is 84.6 Å². The molecule has 0 aliphatic heterocycles. The normalized spacial score (nSPS) is 15.4. The average molecular weight is 201 g/mol. The van der Waals surface area contributed by atoms with Gasteiger partial charge >= 0.3 is 0 Å². The van der Waals surface area contributed by atoms with Gasteiger partial charge in [0.1, 0.15) is 0 Å². The molecule has 0 heterocycles. The third kappa shape index (κ3) is 5.72. The molecule has 2 atom stereocenters. The smallest absolute Gasteiger partial charge is 0.217 e. The predicted molar refractivity (Wildman–Crippen MR) is 54.7 cm³/mol. The van der Waals surface area contributed by atoms with E-state index in [9.17, 15) is 9.90 Å². The summed E-state index contributed by atoms with van der Waals surface area (Å²) in [5, 5.41) is 20.9. The van der Waals surface area contributed by atoms with Gasteiger partial charge in [-0.1, -0.05) is 25.5 Å². The van der Waals surface area contributed by atoms with E-state index in [1.807, 2.05) is 13.0 Å². The summed E-state index contributed by atoms with van der Waals surface area (Å²) in [4.78, 5) is 10.7. The number of rotatable bonds is 6. The lowest BCUT2D eigenvalue weighted by Crippen LogP contribution is -2.44. The summed E-state index contributed by atoms with van der Waals surface area (Å²) in [5.74, 6) is -0.257. The molecule has 0 rings (SSSR count). The van der Waals surface area contributed by atoms with Crippen LogP contribution >= 0.6 is 0 Å². The summed E-state index contributed by atoms with van der Waals surface area (Å²) in [6.07, 6.45) is 4.51. The highest BCUT2D eigenvalue weighted by Crippen LogP contribution is 1.98. The number of allylic oxidation sites excluding steroid dienone is 1. The molecule has 3 N–H and O–H groups in total. The minimum absolute atomic E-state index is 0.257. The first-order chi connectivity index (χ1) is 6.61. The van der Waals surface area contributed by atoms with Gasteiger partial charge in [0, 0.05) is 6.92 Å². The SMILES string of the molecule is CCC/C=C/C(O)C(CO)NC(C)=O. The highest BCUT2D eigenvalue weighted by atomic mass is 16.3. The zero-order chi connectivity index (χ0) is 11.0. The van der Waals surface area contributed by atoms with E-state index in [0.717, 1.165) is 12.8 Å². The second-order valence-electron chi connectivity index (χ2n) is 3.20. The predicted octanol–water partition coefficient (Wildman–Crippen LogP) is 0.201. The van der Waals surface area contributed by atoms with E-state index < -0.39 is 12.1 Å².